The number of carbonyl (C=O) groups is 1. The van der Waals surface area contributed by atoms with Gasteiger partial charge in [-0.05, 0) is 19.1 Å². The molecule has 7 heteroatoms. The highest BCUT2D eigenvalue weighted by molar-refractivity contribution is 5.95. The van der Waals surface area contributed by atoms with E-state index in [4.69, 9.17) is 14.2 Å². The summed E-state index contributed by atoms with van der Waals surface area (Å²) in [6.07, 6.45) is 0. The molecular weight excluding hydrogens is 382 g/mol. The number of nitrogens with one attached hydrogen (secondary N) is 1. The number of benzene rings is 2. The van der Waals surface area contributed by atoms with Crippen LogP contribution in [-0.4, -0.2) is 75.3 Å². The highest BCUT2D eigenvalue weighted by Crippen LogP contribution is 2.26. The molecule has 2 aromatic rings. The summed E-state index contributed by atoms with van der Waals surface area (Å²) < 4.78 is 16.3. The number of methoxy groups -OCH3 is 2. The summed E-state index contributed by atoms with van der Waals surface area (Å²) >= 11 is 0. The summed E-state index contributed by atoms with van der Waals surface area (Å²) in [7, 11) is 3.18. The van der Waals surface area contributed by atoms with Crippen molar-refractivity contribution in [3.8, 4) is 17.2 Å². The lowest BCUT2D eigenvalue weighted by molar-refractivity contribution is -0.121. The summed E-state index contributed by atoms with van der Waals surface area (Å²) in [5, 5.41) is 2.98. The Balaban J connectivity index is 1.44. The molecule has 2 aromatic carbocycles. The molecule has 1 amide bonds. The lowest BCUT2D eigenvalue weighted by Gasteiger charge is -2.37. The van der Waals surface area contributed by atoms with Crippen molar-refractivity contribution in [3.63, 3.8) is 0 Å². The number of hydrogen-bond acceptors (Lipinski definition) is 6. The van der Waals surface area contributed by atoms with Crippen LogP contribution in [0.25, 0.3) is 0 Å². The first-order valence-corrected chi connectivity index (χ1v) is 10.3. The Morgan fingerprint density at radius 3 is 2.20 bits per heavy atom. The summed E-state index contributed by atoms with van der Waals surface area (Å²) in [6, 6.07) is 15.0. The summed E-state index contributed by atoms with van der Waals surface area (Å²) in [6.45, 7) is 7.03. The number of piperazine rings is 1. The molecule has 1 N–H and O–H groups in total. The van der Waals surface area contributed by atoms with Gasteiger partial charge in [0.05, 0.1) is 20.3 Å². The molecule has 1 heterocycles. The quantitative estimate of drug-likeness (QED) is 0.682. The molecule has 0 aliphatic carbocycles. The molecule has 0 radical (unpaired) electrons. The van der Waals surface area contributed by atoms with Crippen molar-refractivity contribution in [2.75, 3.05) is 58.9 Å². The van der Waals surface area contributed by atoms with E-state index in [-0.39, 0.29) is 11.9 Å². The number of carbonyl (C=O) groups excluding carboxylic acids is 1. The fraction of sp³-hybridized carbons (Fsp3) is 0.435. The molecule has 1 fully saturated rings. The minimum Gasteiger partial charge on any atom is -0.497 e. The molecule has 0 unspecified atom stereocenters. The van der Waals surface area contributed by atoms with E-state index in [1.807, 2.05) is 37.3 Å². The van der Waals surface area contributed by atoms with Gasteiger partial charge in [-0.1, -0.05) is 18.2 Å². The second-order valence-electron chi connectivity index (χ2n) is 7.31. The molecule has 1 aliphatic heterocycles. The first-order valence-electron chi connectivity index (χ1n) is 10.3. The zero-order valence-corrected chi connectivity index (χ0v) is 18.0. The molecule has 30 heavy (non-hydrogen) atoms. The van der Waals surface area contributed by atoms with Gasteiger partial charge >= 0.3 is 0 Å². The van der Waals surface area contributed by atoms with Gasteiger partial charge in [-0.15, -0.1) is 0 Å². The van der Waals surface area contributed by atoms with Crippen LogP contribution >= 0.6 is 0 Å². The molecule has 1 saturated heterocycles. The Labute approximate surface area is 178 Å². The van der Waals surface area contributed by atoms with Crippen LogP contribution in [0.1, 0.15) is 6.92 Å². The van der Waals surface area contributed by atoms with Gasteiger partial charge < -0.3 is 19.5 Å². The molecular formula is C23H31N3O4. The normalized spacial score (nSPS) is 16.0. The maximum atomic E-state index is 12.8. The largest absolute Gasteiger partial charge is 0.497 e. The van der Waals surface area contributed by atoms with Crippen LogP contribution in [0.2, 0.25) is 0 Å². The number of hydrogen-bond donors (Lipinski definition) is 1. The Hall–Kier alpha value is -2.77. The lowest BCUT2D eigenvalue weighted by Crippen LogP contribution is -2.53. The van der Waals surface area contributed by atoms with E-state index in [1.165, 1.54) is 0 Å². The molecule has 0 saturated carbocycles. The van der Waals surface area contributed by atoms with Gasteiger partial charge in [0, 0.05) is 56.6 Å². The van der Waals surface area contributed by atoms with Gasteiger partial charge in [0.2, 0.25) is 5.91 Å². The second kappa shape index (κ2) is 10.8. The van der Waals surface area contributed by atoms with Crippen molar-refractivity contribution < 1.29 is 19.0 Å². The van der Waals surface area contributed by atoms with Crippen molar-refractivity contribution in [2.45, 2.75) is 13.0 Å². The average Bonchev–Trinajstić information content (AvgIpc) is 2.79. The van der Waals surface area contributed by atoms with Crippen LogP contribution in [0.4, 0.5) is 5.69 Å². The van der Waals surface area contributed by atoms with Gasteiger partial charge in [0.1, 0.15) is 23.9 Å². The maximum Gasteiger partial charge on any atom is 0.241 e. The fourth-order valence-electron chi connectivity index (χ4n) is 3.48. The van der Waals surface area contributed by atoms with Crippen LogP contribution in [0.3, 0.4) is 0 Å². The highest BCUT2D eigenvalue weighted by Gasteiger charge is 2.25. The average molecular weight is 414 g/mol. The van der Waals surface area contributed by atoms with Gasteiger partial charge in [0.15, 0.2) is 0 Å². The number of rotatable bonds is 9. The minimum absolute atomic E-state index is 0.0360. The zero-order chi connectivity index (χ0) is 21.3. The van der Waals surface area contributed by atoms with Crippen molar-refractivity contribution in [2.24, 2.45) is 0 Å². The fourth-order valence-corrected chi connectivity index (χ4v) is 3.48. The van der Waals surface area contributed by atoms with E-state index < -0.39 is 0 Å². The molecule has 3 rings (SSSR count). The number of nitrogens with zero attached hydrogens (tertiary/aromatic N) is 2. The molecule has 0 aromatic heterocycles. The molecule has 162 valence electrons. The first kappa shape index (κ1) is 21.9. The standard InChI is InChI=1S/C23H31N3O4/c1-18(23(27)24-19-15-21(28-2)17-22(16-19)29-3)26-11-9-25(10-12-26)13-14-30-20-7-5-4-6-8-20/h4-8,15-18H,9-14H2,1-3H3,(H,24,27)/t18-/m1/s1. The van der Waals surface area contributed by atoms with E-state index in [1.54, 1.807) is 32.4 Å². The first-order chi connectivity index (χ1) is 14.6. The molecule has 0 bridgehead atoms. The van der Waals surface area contributed by atoms with Crippen molar-refractivity contribution >= 4 is 11.6 Å². The third kappa shape index (κ3) is 6.11. The van der Waals surface area contributed by atoms with Crippen LogP contribution in [0.5, 0.6) is 17.2 Å². The van der Waals surface area contributed by atoms with Crippen LogP contribution < -0.4 is 19.5 Å². The van der Waals surface area contributed by atoms with E-state index in [2.05, 4.69) is 15.1 Å². The molecule has 1 aliphatic rings. The monoisotopic (exact) mass is 413 g/mol. The Kier molecular flexibility index (Phi) is 7.93. The Bertz CT molecular complexity index is 785. The summed E-state index contributed by atoms with van der Waals surface area (Å²) in [5.74, 6) is 2.15. The SMILES string of the molecule is COc1cc(NC(=O)[C@@H](C)N2CCN(CCOc3ccccc3)CC2)cc(OC)c1. The Morgan fingerprint density at radius 1 is 0.967 bits per heavy atom. The Morgan fingerprint density at radius 2 is 1.60 bits per heavy atom. The molecule has 0 spiro atoms. The van der Waals surface area contributed by atoms with Gasteiger partial charge in [-0.25, -0.2) is 0 Å². The van der Waals surface area contributed by atoms with Crippen LogP contribution in [0, 0.1) is 0 Å². The highest BCUT2D eigenvalue weighted by atomic mass is 16.5. The second-order valence-corrected chi connectivity index (χ2v) is 7.31. The number of anilines is 1. The predicted octanol–water partition coefficient (Wildman–Crippen LogP) is 2.73. The van der Waals surface area contributed by atoms with Gasteiger partial charge in [-0.2, -0.15) is 0 Å². The summed E-state index contributed by atoms with van der Waals surface area (Å²) in [5.41, 5.74) is 0.666. The topological polar surface area (TPSA) is 63.3 Å². The maximum absolute atomic E-state index is 12.8. The van der Waals surface area contributed by atoms with Crippen LogP contribution in [0.15, 0.2) is 48.5 Å². The molecule has 7 nitrogen and oxygen atoms in total. The van der Waals surface area contributed by atoms with Crippen molar-refractivity contribution in [1.82, 2.24) is 9.80 Å². The third-order valence-corrected chi connectivity index (χ3v) is 5.37. The smallest absolute Gasteiger partial charge is 0.241 e. The number of ether oxygens (including phenoxy) is 3. The lowest BCUT2D eigenvalue weighted by atomic mass is 10.2. The third-order valence-electron chi connectivity index (χ3n) is 5.37. The van der Waals surface area contributed by atoms with E-state index in [0.29, 0.717) is 23.8 Å². The van der Waals surface area contributed by atoms with E-state index in [0.717, 1.165) is 38.5 Å². The van der Waals surface area contributed by atoms with E-state index in [9.17, 15) is 4.79 Å². The minimum atomic E-state index is -0.218. The van der Waals surface area contributed by atoms with E-state index >= 15 is 0 Å². The zero-order valence-electron chi connectivity index (χ0n) is 18.0. The summed E-state index contributed by atoms with van der Waals surface area (Å²) in [4.78, 5) is 17.3. The predicted molar refractivity (Wildman–Crippen MR) is 118 cm³/mol. The van der Waals surface area contributed by atoms with Crippen molar-refractivity contribution in [3.05, 3.63) is 48.5 Å². The molecule has 1 atom stereocenters. The number of amides is 1. The van der Waals surface area contributed by atoms with Gasteiger partial charge in [-0.3, -0.25) is 14.6 Å². The van der Waals surface area contributed by atoms with Crippen molar-refractivity contribution in [1.29, 1.82) is 0 Å². The van der Waals surface area contributed by atoms with Crippen LogP contribution in [-0.2, 0) is 4.79 Å². The number of para-hydroxylation sites is 1. The van der Waals surface area contributed by atoms with Gasteiger partial charge in [0.25, 0.3) is 0 Å².